The minimum absolute atomic E-state index is 0.00470. The number of rotatable bonds is 5. The number of alkyl halides is 3. The van der Waals surface area contributed by atoms with Crippen LogP contribution >= 0.6 is 23.4 Å². The molecule has 2 rings (SSSR count). The Hall–Kier alpha value is -2.21. The summed E-state index contributed by atoms with van der Waals surface area (Å²) < 4.78 is 39.8. The van der Waals surface area contributed by atoms with E-state index < -0.39 is 34.1 Å². The Kier molecular flexibility index (Phi) is 6.10. The van der Waals surface area contributed by atoms with E-state index >= 15 is 0 Å². The Morgan fingerprint density at radius 1 is 1.26 bits per heavy atom. The molecule has 0 saturated heterocycles. The van der Waals surface area contributed by atoms with Crippen LogP contribution in [-0.4, -0.2) is 16.6 Å². The molecule has 4 nitrogen and oxygen atoms in total. The zero-order valence-corrected chi connectivity index (χ0v) is 15.5. The van der Waals surface area contributed by atoms with Gasteiger partial charge in [-0.05, 0) is 48.9 Å². The van der Waals surface area contributed by atoms with Gasteiger partial charge in [-0.3, -0.25) is 4.79 Å². The van der Waals surface area contributed by atoms with Crippen LogP contribution in [0.2, 0.25) is 5.02 Å². The number of primary amides is 1. The summed E-state index contributed by atoms with van der Waals surface area (Å²) in [6.45, 7) is 1.13. The van der Waals surface area contributed by atoms with Crippen LogP contribution in [0.15, 0.2) is 47.4 Å². The minimum Gasteiger partial charge on any atom is -0.379 e. The standard InChI is InChI=1S/C18H14ClF3N2O2S/c1-17(26,16(24)25)15(27-13-6-4-12(19)5-7-13)10-2-3-11(9-23)14(8-10)18(20,21)22/h2-8,15,26H,1H3,(H2,24,25). The molecule has 0 heterocycles. The number of benzene rings is 2. The van der Waals surface area contributed by atoms with Gasteiger partial charge in [0.15, 0.2) is 5.60 Å². The summed E-state index contributed by atoms with van der Waals surface area (Å²) in [6, 6.07) is 10.9. The molecule has 27 heavy (non-hydrogen) atoms. The summed E-state index contributed by atoms with van der Waals surface area (Å²) in [6.07, 6.45) is -4.77. The number of halogens is 4. The van der Waals surface area contributed by atoms with E-state index in [1.165, 1.54) is 12.1 Å². The smallest absolute Gasteiger partial charge is 0.379 e. The quantitative estimate of drug-likeness (QED) is 0.714. The van der Waals surface area contributed by atoms with E-state index in [2.05, 4.69) is 0 Å². The van der Waals surface area contributed by atoms with Crippen LogP contribution in [0.1, 0.15) is 28.9 Å². The van der Waals surface area contributed by atoms with Crippen LogP contribution in [0, 0.1) is 11.3 Å². The van der Waals surface area contributed by atoms with Gasteiger partial charge in [-0.25, -0.2) is 0 Å². The van der Waals surface area contributed by atoms with Gasteiger partial charge in [-0.1, -0.05) is 17.7 Å². The van der Waals surface area contributed by atoms with Crippen molar-refractivity contribution in [2.75, 3.05) is 0 Å². The van der Waals surface area contributed by atoms with Gasteiger partial charge in [0, 0.05) is 9.92 Å². The van der Waals surface area contributed by atoms with Gasteiger partial charge in [0.05, 0.1) is 22.4 Å². The second-order valence-electron chi connectivity index (χ2n) is 5.88. The lowest BCUT2D eigenvalue weighted by atomic mass is 9.92. The first-order valence-electron chi connectivity index (χ1n) is 7.52. The largest absolute Gasteiger partial charge is 0.417 e. The Balaban J connectivity index is 2.58. The molecule has 3 N–H and O–H groups in total. The summed E-state index contributed by atoms with van der Waals surface area (Å²) in [4.78, 5) is 12.3. The summed E-state index contributed by atoms with van der Waals surface area (Å²) in [5, 5.41) is 18.8. The fraction of sp³-hybridized carbons (Fsp3) is 0.222. The first-order valence-corrected chi connectivity index (χ1v) is 8.78. The van der Waals surface area contributed by atoms with Gasteiger partial charge in [-0.15, -0.1) is 11.8 Å². The first kappa shape index (κ1) is 21.1. The van der Waals surface area contributed by atoms with Crippen molar-refractivity contribution in [1.29, 1.82) is 5.26 Å². The highest BCUT2D eigenvalue weighted by molar-refractivity contribution is 7.99. The first-order chi connectivity index (χ1) is 12.5. The molecule has 0 saturated carbocycles. The second-order valence-corrected chi connectivity index (χ2v) is 7.49. The summed E-state index contributed by atoms with van der Waals surface area (Å²) >= 11 is 6.78. The molecule has 9 heteroatoms. The van der Waals surface area contributed by atoms with Crippen LogP contribution in [0.5, 0.6) is 0 Å². The van der Waals surface area contributed by atoms with E-state index in [0.29, 0.717) is 9.92 Å². The van der Waals surface area contributed by atoms with E-state index in [1.54, 1.807) is 24.3 Å². The fourth-order valence-electron chi connectivity index (χ4n) is 2.34. The number of thioether (sulfide) groups is 1. The normalized spacial score (nSPS) is 14.9. The molecule has 2 atom stereocenters. The molecule has 0 radical (unpaired) electrons. The third-order valence-corrected chi connectivity index (χ3v) is 5.61. The number of hydrogen-bond donors (Lipinski definition) is 2. The molecule has 2 aromatic carbocycles. The lowest BCUT2D eigenvalue weighted by molar-refractivity contribution is -0.137. The number of hydrogen-bond acceptors (Lipinski definition) is 4. The Bertz CT molecular complexity index is 893. The molecule has 0 fully saturated rings. The molecule has 0 aliphatic carbocycles. The lowest BCUT2D eigenvalue weighted by Crippen LogP contribution is -2.45. The highest BCUT2D eigenvalue weighted by atomic mass is 35.5. The van der Waals surface area contributed by atoms with Gasteiger partial charge in [0.25, 0.3) is 5.91 Å². The van der Waals surface area contributed by atoms with Crippen LogP contribution in [0.3, 0.4) is 0 Å². The average Bonchev–Trinajstić information content (AvgIpc) is 2.59. The third kappa shape index (κ3) is 4.75. The third-order valence-electron chi connectivity index (χ3n) is 3.85. The van der Waals surface area contributed by atoms with Crippen molar-refractivity contribution >= 4 is 29.3 Å². The van der Waals surface area contributed by atoms with Crippen molar-refractivity contribution in [3.8, 4) is 6.07 Å². The Labute approximate surface area is 162 Å². The molecule has 0 aromatic heterocycles. The number of nitriles is 1. The molecule has 0 aliphatic heterocycles. The highest BCUT2D eigenvalue weighted by Crippen LogP contribution is 2.45. The SMILES string of the molecule is CC(O)(C(N)=O)C(Sc1ccc(Cl)cc1)c1ccc(C#N)c(C(F)(F)F)c1. The fourth-order valence-corrected chi connectivity index (χ4v) is 3.66. The maximum atomic E-state index is 13.3. The van der Waals surface area contributed by atoms with E-state index in [4.69, 9.17) is 22.6 Å². The zero-order chi connectivity index (χ0) is 20.4. The van der Waals surface area contributed by atoms with Crippen molar-refractivity contribution in [3.63, 3.8) is 0 Å². The van der Waals surface area contributed by atoms with Crippen LogP contribution in [0.25, 0.3) is 0 Å². The van der Waals surface area contributed by atoms with Crippen LogP contribution in [-0.2, 0) is 11.0 Å². The summed E-state index contributed by atoms with van der Waals surface area (Å²) in [7, 11) is 0. The molecule has 2 aromatic rings. The molecule has 1 amide bonds. The van der Waals surface area contributed by atoms with E-state index in [9.17, 15) is 23.1 Å². The van der Waals surface area contributed by atoms with Gasteiger partial charge in [0.2, 0.25) is 0 Å². The predicted octanol–water partition coefficient (Wildman–Crippen LogP) is 4.30. The van der Waals surface area contributed by atoms with Crippen molar-refractivity contribution in [1.82, 2.24) is 0 Å². The number of carbonyl (C=O) groups excluding carboxylic acids is 1. The van der Waals surface area contributed by atoms with E-state index in [-0.39, 0.29) is 5.56 Å². The van der Waals surface area contributed by atoms with Gasteiger partial charge < -0.3 is 10.8 Å². The van der Waals surface area contributed by atoms with Crippen molar-refractivity contribution in [2.45, 2.75) is 28.8 Å². The molecule has 0 bridgehead atoms. The van der Waals surface area contributed by atoms with Gasteiger partial charge in [-0.2, -0.15) is 18.4 Å². The monoisotopic (exact) mass is 414 g/mol. The maximum absolute atomic E-state index is 13.3. The summed E-state index contributed by atoms with van der Waals surface area (Å²) in [5.74, 6) is -1.09. The lowest BCUT2D eigenvalue weighted by Gasteiger charge is -2.30. The molecule has 2 unspecified atom stereocenters. The average molecular weight is 415 g/mol. The molecular weight excluding hydrogens is 401 g/mol. The second kappa shape index (κ2) is 7.80. The topological polar surface area (TPSA) is 87.1 Å². The zero-order valence-electron chi connectivity index (χ0n) is 13.9. The number of nitrogens with two attached hydrogens (primary N) is 1. The van der Waals surface area contributed by atoms with Crippen LogP contribution < -0.4 is 5.73 Å². The van der Waals surface area contributed by atoms with Crippen molar-refractivity contribution in [2.24, 2.45) is 5.73 Å². The van der Waals surface area contributed by atoms with E-state index in [0.717, 1.165) is 30.8 Å². The summed E-state index contributed by atoms with van der Waals surface area (Å²) in [5.41, 5.74) is 1.42. The van der Waals surface area contributed by atoms with Crippen LogP contribution in [0.4, 0.5) is 13.2 Å². The van der Waals surface area contributed by atoms with Gasteiger partial charge in [0.1, 0.15) is 0 Å². The Morgan fingerprint density at radius 2 is 1.85 bits per heavy atom. The minimum atomic E-state index is -4.77. The number of amides is 1. The molecular formula is C18H14ClF3N2O2S. The number of nitrogens with zero attached hydrogens (tertiary/aromatic N) is 1. The molecule has 0 aliphatic rings. The number of carbonyl (C=O) groups is 1. The maximum Gasteiger partial charge on any atom is 0.417 e. The van der Waals surface area contributed by atoms with E-state index in [1.807, 2.05) is 0 Å². The van der Waals surface area contributed by atoms with Crippen molar-refractivity contribution < 1.29 is 23.1 Å². The number of aliphatic hydroxyl groups is 1. The predicted molar refractivity (Wildman–Crippen MR) is 96.0 cm³/mol. The highest BCUT2D eigenvalue weighted by Gasteiger charge is 2.41. The van der Waals surface area contributed by atoms with Crippen molar-refractivity contribution in [3.05, 3.63) is 64.2 Å². The molecule has 142 valence electrons. The van der Waals surface area contributed by atoms with Gasteiger partial charge >= 0.3 is 6.18 Å². The Morgan fingerprint density at radius 3 is 2.33 bits per heavy atom. The molecule has 0 spiro atoms.